The molecule has 0 spiro atoms. The molecule has 1 N–H and O–H groups in total. The lowest BCUT2D eigenvalue weighted by Crippen LogP contribution is -2.42. The summed E-state index contributed by atoms with van der Waals surface area (Å²) in [6, 6.07) is 16.8. The summed E-state index contributed by atoms with van der Waals surface area (Å²) in [5.41, 5.74) is 1.81. The molecule has 3 rings (SSSR count). The summed E-state index contributed by atoms with van der Waals surface area (Å²) in [5, 5.41) is 3.59. The van der Waals surface area contributed by atoms with Gasteiger partial charge in [-0.2, -0.15) is 0 Å². The second-order valence-electron chi connectivity index (χ2n) is 6.82. The SMILES string of the molecule is CCOC(=O)c1ccc(N(Cc2c(Cl)cccc2Cl)C(=S)NC(=O)c2ccc(F)cc2)cc1. The third-order valence-corrected chi connectivity index (χ3v) is 5.67. The average Bonchev–Trinajstić information content (AvgIpc) is 2.79. The van der Waals surface area contributed by atoms with Gasteiger partial charge in [0.1, 0.15) is 5.82 Å². The van der Waals surface area contributed by atoms with E-state index in [4.69, 9.17) is 40.2 Å². The first-order chi connectivity index (χ1) is 15.8. The van der Waals surface area contributed by atoms with E-state index in [2.05, 4.69) is 5.32 Å². The molecule has 9 heteroatoms. The van der Waals surface area contributed by atoms with Crippen LogP contribution in [0.1, 0.15) is 33.2 Å². The molecule has 0 fully saturated rings. The maximum Gasteiger partial charge on any atom is 0.338 e. The molecule has 5 nitrogen and oxygen atoms in total. The molecule has 3 aromatic carbocycles. The van der Waals surface area contributed by atoms with Gasteiger partial charge in [-0.25, -0.2) is 9.18 Å². The number of benzene rings is 3. The monoisotopic (exact) mass is 504 g/mol. The fraction of sp³-hybridized carbons (Fsp3) is 0.125. The van der Waals surface area contributed by atoms with Gasteiger partial charge in [0.25, 0.3) is 5.91 Å². The summed E-state index contributed by atoms with van der Waals surface area (Å²) in [6.45, 7) is 2.14. The summed E-state index contributed by atoms with van der Waals surface area (Å²) in [4.78, 5) is 26.3. The van der Waals surface area contributed by atoms with Gasteiger partial charge in [0.05, 0.1) is 18.7 Å². The third-order valence-electron chi connectivity index (χ3n) is 4.64. The van der Waals surface area contributed by atoms with Crippen molar-refractivity contribution < 1.29 is 18.7 Å². The van der Waals surface area contributed by atoms with E-state index in [0.717, 1.165) is 0 Å². The molecule has 0 saturated heterocycles. The first-order valence-corrected chi connectivity index (χ1v) is 11.0. The molecule has 0 aliphatic heterocycles. The lowest BCUT2D eigenvalue weighted by atomic mass is 10.1. The molecule has 0 bridgehead atoms. The number of thiocarbonyl (C=S) groups is 1. The Kier molecular flexibility index (Phi) is 8.38. The van der Waals surface area contributed by atoms with Crippen molar-refractivity contribution in [3.8, 4) is 0 Å². The maximum absolute atomic E-state index is 13.2. The Labute approximate surface area is 206 Å². The second kappa shape index (κ2) is 11.2. The second-order valence-corrected chi connectivity index (χ2v) is 8.02. The number of amides is 1. The number of halogens is 3. The van der Waals surface area contributed by atoms with E-state index in [1.54, 1.807) is 54.3 Å². The Morgan fingerprint density at radius 3 is 2.12 bits per heavy atom. The number of esters is 1. The van der Waals surface area contributed by atoms with Crippen LogP contribution >= 0.6 is 35.4 Å². The van der Waals surface area contributed by atoms with E-state index in [1.165, 1.54) is 24.3 Å². The van der Waals surface area contributed by atoms with Gasteiger partial charge in [-0.15, -0.1) is 0 Å². The van der Waals surface area contributed by atoms with Crippen LogP contribution < -0.4 is 10.2 Å². The van der Waals surface area contributed by atoms with Gasteiger partial charge in [0.2, 0.25) is 0 Å². The van der Waals surface area contributed by atoms with Crippen LogP contribution in [0.25, 0.3) is 0 Å². The highest BCUT2D eigenvalue weighted by molar-refractivity contribution is 7.80. The Hall–Kier alpha value is -3.00. The molecule has 0 radical (unpaired) electrons. The molecule has 0 aliphatic rings. The molecule has 0 unspecified atom stereocenters. The van der Waals surface area contributed by atoms with Crippen LogP contribution in [0.15, 0.2) is 66.7 Å². The largest absolute Gasteiger partial charge is 0.462 e. The van der Waals surface area contributed by atoms with Crippen molar-refractivity contribution in [3.63, 3.8) is 0 Å². The van der Waals surface area contributed by atoms with Crippen LogP contribution in [0, 0.1) is 5.82 Å². The van der Waals surface area contributed by atoms with E-state index >= 15 is 0 Å². The molecule has 0 aliphatic carbocycles. The summed E-state index contributed by atoms with van der Waals surface area (Å²) < 4.78 is 18.2. The minimum absolute atomic E-state index is 0.0733. The van der Waals surface area contributed by atoms with Gasteiger partial charge in [-0.3, -0.25) is 10.1 Å². The summed E-state index contributed by atoms with van der Waals surface area (Å²) in [5.74, 6) is -1.40. The highest BCUT2D eigenvalue weighted by Crippen LogP contribution is 2.28. The Morgan fingerprint density at radius 1 is 0.970 bits per heavy atom. The summed E-state index contributed by atoms with van der Waals surface area (Å²) in [6.07, 6.45) is 0. The molecule has 0 aromatic heterocycles. The van der Waals surface area contributed by atoms with E-state index in [9.17, 15) is 14.0 Å². The zero-order valence-electron chi connectivity index (χ0n) is 17.5. The highest BCUT2D eigenvalue weighted by atomic mass is 35.5. The smallest absolute Gasteiger partial charge is 0.338 e. The molecular weight excluding hydrogens is 486 g/mol. The Bertz CT molecular complexity index is 1150. The van der Waals surface area contributed by atoms with Crippen molar-refractivity contribution in [1.29, 1.82) is 0 Å². The van der Waals surface area contributed by atoms with Gasteiger partial charge >= 0.3 is 5.97 Å². The standard InChI is InChI=1S/C24H19Cl2FN2O3S/c1-2-32-23(31)16-8-12-18(13-9-16)29(14-19-20(25)4-3-5-21(19)26)24(33)28-22(30)15-6-10-17(27)11-7-15/h3-13H,2,14H2,1H3,(H,28,30,33). The fourth-order valence-electron chi connectivity index (χ4n) is 2.95. The summed E-state index contributed by atoms with van der Waals surface area (Å²) >= 11 is 18.2. The molecule has 0 saturated carbocycles. The minimum atomic E-state index is -0.501. The first kappa shape index (κ1) is 24.6. The number of hydrogen-bond donors (Lipinski definition) is 1. The lowest BCUT2D eigenvalue weighted by Gasteiger charge is -2.26. The van der Waals surface area contributed by atoms with Crippen molar-refractivity contribution in [1.82, 2.24) is 5.32 Å². The molecule has 0 heterocycles. The van der Waals surface area contributed by atoms with Crippen LogP contribution in [-0.2, 0) is 11.3 Å². The fourth-order valence-corrected chi connectivity index (χ4v) is 3.73. The number of ether oxygens (including phenoxy) is 1. The number of hydrogen-bond acceptors (Lipinski definition) is 4. The van der Waals surface area contributed by atoms with Gasteiger partial charge < -0.3 is 9.64 Å². The Balaban J connectivity index is 1.91. The van der Waals surface area contributed by atoms with Crippen LogP contribution in [0.3, 0.4) is 0 Å². The molecule has 170 valence electrons. The zero-order chi connectivity index (χ0) is 24.0. The van der Waals surface area contributed by atoms with Gasteiger partial charge in [-0.1, -0.05) is 29.3 Å². The number of nitrogens with zero attached hydrogens (tertiary/aromatic N) is 1. The average molecular weight is 505 g/mol. The van der Waals surface area contributed by atoms with E-state index in [1.807, 2.05) is 0 Å². The molecular formula is C24H19Cl2FN2O3S. The van der Waals surface area contributed by atoms with Gasteiger partial charge in [0, 0.05) is 26.9 Å². The topological polar surface area (TPSA) is 58.6 Å². The number of anilines is 1. The summed E-state index contributed by atoms with van der Waals surface area (Å²) in [7, 11) is 0. The number of nitrogens with one attached hydrogen (secondary N) is 1. The molecule has 1 amide bonds. The highest BCUT2D eigenvalue weighted by Gasteiger charge is 2.20. The lowest BCUT2D eigenvalue weighted by molar-refractivity contribution is 0.0526. The van der Waals surface area contributed by atoms with Crippen LogP contribution in [-0.4, -0.2) is 23.6 Å². The number of carbonyl (C=O) groups excluding carboxylic acids is 2. The van der Waals surface area contributed by atoms with Crippen LogP contribution in [0.2, 0.25) is 10.0 Å². The zero-order valence-corrected chi connectivity index (χ0v) is 19.8. The van der Waals surface area contributed by atoms with Crippen molar-refractivity contribution in [2.75, 3.05) is 11.5 Å². The number of carbonyl (C=O) groups is 2. The van der Waals surface area contributed by atoms with Gasteiger partial charge in [-0.05, 0) is 79.8 Å². The minimum Gasteiger partial charge on any atom is -0.462 e. The van der Waals surface area contributed by atoms with E-state index in [0.29, 0.717) is 26.9 Å². The predicted molar refractivity (Wildman–Crippen MR) is 132 cm³/mol. The quantitative estimate of drug-likeness (QED) is 0.328. The van der Waals surface area contributed by atoms with Crippen LogP contribution in [0.4, 0.5) is 10.1 Å². The number of rotatable bonds is 6. The van der Waals surface area contributed by atoms with E-state index in [-0.39, 0.29) is 23.8 Å². The van der Waals surface area contributed by atoms with Gasteiger partial charge in [0.15, 0.2) is 5.11 Å². The van der Waals surface area contributed by atoms with Crippen molar-refractivity contribution >= 4 is 58.1 Å². The maximum atomic E-state index is 13.2. The molecule has 33 heavy (non-hydrogen) atoms. The first-order valence-electron chi connectivity index (χ1n) is 9.88. The van der Waals surface area contributed by atoms with Crippen molar-refractivity contribution in [2.45, 2.75) is 13.5 Å². The van der Waals surface area contributed by atoms with Crippen molar-refractivity contribution in [2.24, 2.45) is 0 Å². The molecule has 0 atom stereocenters. The Morgan fingerprint density at radius 2 is 1.55 bits per heavy atom. The normalized spacial score (nSPS) is 10.4. The third kappa shape index (κ3) is 6.28. The van der Waals surface area contributed by atoms with E-state index < -0.39 is 17.7 Å². The van der Waals surface area contributed by atoms with Crippen LogP contribution in [0.5, 0.6) is 0 Å². The van der Waals surface area contributed by atoms with Crippen molar-refractivity contribution in [3.05, 3.63) is 99.3 Å². The molecule has 3 aromatic rings. The predicted octanol–water partition coefficient (Wildman–Crippen LogP) is 6.03.